The molecular formula is C19H22N2O5S. The number of esters is 1. The first kappa shape index (κ1) is 20.4. The van der Waals surface area contributed by atoms with Crippen molar-refractivity contribution in [2.75, 3.05) is 25.4 Å². The normalized spacial score (nSPS) is 11.0. The summed E-state index contributed by atoms with van der Waals surface area (Å²) in [6, 6.07) is 11.1. The van der Waals surface area contributed by atoms with Crippen LogP contribution in [0.15, 0.2) is 47.4 Å². The van der Waals surface area contributed by atoms with Crippen LogP contribution in [0.1, 0.15) is 21.5 Å². The number of carbonyl (C=O) groups excluding carboxylic acids is 2. The van der Waals surface area contributed by atoms with E-state index < -0.39 is 22.6 Å². The smallest absolute Gasteiger partial charge is 0.338 e. The molecule has 144 valence electrons. The lowest BCUT2D eigenvalue weighted by atomic mass is 10.1. The number of aryl methyl sites for hydroxylation is 2. The number of likely N-dealkylation sites (N-methyl/N-ethyl adjacent to an activating group) is 1. The first-order valence-corrected chi connectivity index (χ1v) is 9.66. The Balaban J connectivity index is 2.25. The third-order valence-corrected chi connectivity index (χ3v) is 5.21. The predicted molar refractivity (Wildman–Crippen MR) is 102 cm³/mol. The van der Waals surface area contributed by atoms with Gasteiger partial charge in [0.15, 0.2) is 6.61 Å². The highest BCUT2D eigenvalue weighted by Crippen LogP contribution is 2.20. The summed E-state index contributed by atoms with van der Waals surface area (Å²) in [5.41, 5.74) is 1.98. The fourth-order valence-corrected chi connectivity index (χ4v) is 3.32. The highest BCUT2D eigenvalue weighted by Gasteiger charge is 2.20. The zero-order valence-electron chi connectivity index (χ0n) is 15.6. The molecule has 2 aromatic rings. The van der Waals surface area contributed by atoms with Gasteiger partial charge in [-0.15, -0.1) is 0 Å². The topological polar surface area (TPSA) is 92.8 Å². The molecule has 2 rings (SSSR count). The molecule has 0 saturated heterocycles. The zero-order chi connectivity index (χ0) is 20.2. The van der Waals surface area contributed by atoms with E-state index in [9.17, 15) is 18.0 Å². The number of hydrogen-bond donors (Lipinski definition) is 1. The van der Waals surface area contributed by atoms with Gasteiger partial charge in [0.25, 0.3) is 15.9 Å². The van der Waals surface area contributed by atoms with Gasteiger partial charge < -0.3 is 9.64 Å². The summed E-state index contributed by atoms with van der Waals surface area (Å²) in [6.45, 7) is 3.10. The molecule has 2 aromatic carbocycles. The summed E-state index contributed by atoms with van der Waals surface area (Å²) >= 11 is 0. The molecule has 0 aliphatic carbocycles. The summed E-state index contributed by atoms with van der Waals surface area (Å²) < 4.78 is 32.7. The maximum atomic E-state index is 12.6. The van der Waals surface area contributed by atoms with Crippen LogP contribution in [0, 0.1) is 13.8 Å². The standard InChI is InChI=1S/C19H22N2O5S/c1-13-6-5-7-15(10-13)20-27(24,25)16-9-8-14(2)17(11-16)19(23)26-12-18(22)21(3)4/h5-11,20H,12H2,1-4H3. The van der Waals surface area contributed by atoms with Gasteiger partial charge in [-0.1, -0.05) is 18.2 Å². The molecule has 0 saturated carbocycles. The molecular weight excluding hydrogens is 368 g/mol. The molecule has 27 heavy (non-hydrogen) atoms. The lowest BCUT2D eigenvalue weighted by molar-refractivity contribution is -0.131. The molecule has 0 atom stereocenters. The van der Waals surface area contributed by atoms with Crippen LogP contribution in [0.25, 0.3) is 0 Å². The van der Waals surface area contributed by atoms with Gasteiger partial charge in [0.05, 0.1) is 10.5 Å². The molecule has 0 aliphatic rings. The van der Waals surface area contributed by atoms with Gasteiger partial charge in [-0.25, -0.2) is 13.2 Å². The third-order valence-electron chi connectivity index (χ3n) is 3.84. The number of rotatable bonds is 6. The number of sulfonamides is 1. The summed E-state index contributed by atoms with van der Waals surface area (Å²) in [7, 11) is -0.786. The highest BCUT2D eigenvalue weighted by molar-refractivity contribution is 7.92. The van der Waals surface area contributed by atoms with Gasteiger partial charge in [0.1, 0.15) is 0 Å². The Morgan fingerprint density at radius 1 is 1.07 bits per heavy atom. The molecule has 0 radical (unpaired) electrons. The van der Waals surface area contributed by atoms with Gasteiger partial charge in [0, 0.05) is 19.8 Å². The molecule has 0 bridgehead atoms. The fourth-order valence-electron chi connectivity index (χ4n) is 2.24. The van der Waals surface area contributed by atoms with E-state index in [2.05, 4.69) is 4.72 Å². The number of benzene rings is 2. The van der Waals surface area contributed by atoms with Crippen LogP contribution in [0.4, 0.5) is 5.69 Å². The number of nitrogens with one attached hydrogen (secondary N) is 1. The molecule has 0 aliphatic heterocycles. The van der Waals surface area contributed by atoms with E-state index in [0.717, 1.165) is 5.56 Å². The van der Waals surface area contributed by atoms with E-state index in [4.69, 9.17) is 4.74 Å². The van der Waals surface area contributed by atoms with Crippen molar-refractivity contribution in [3.05, 3.63) is 59.2 Å². The van der Waals surface area contributed by atoms with Gasteiger partial charge in [-0.2, -0.15) is 0 Å². The number of amides is 1. The predicted octanol–water partition coefficient (Wildman–Crippen LogP) is 2.35. The summed E-state index contributed by atoms with van der Waals surface area (Å²) in [5.74, 6) is -1.12. The van der Waals surface area contributed by atoms with Crippen molar-refractivity contribution in [3.8, 4) is 0 Å². The number of ether oxygens (including phenoxy) is 1. The maximum absolute atomic E-state index is 12.6. The van der Waals surface area contributed by atoms with E-state index in [-0.39, 0.29) is 16.4 Å². The van der Waals surface area contributed by atoms with Crippen LogP contribution < -0.4 is 4.72 Å². The van der Waals surface area contributed by atoms with E-state index in [1.54, 1.807) is 39.2 Å². The Hall–Kier alpha value is -2.87. The van der Waals surface area contributed by atoms with Crippen molar-refractivity contribution in [2.24, 2.45) is 0 Å². The first-order valence-electron chi connectivity index (χ1n) is 8.17. The lowest BCUT2D eigenvalue weighted by Gasteiger charge is -2.13. The number of hydrogen-bond acceptors (Lipinski definition) is 5. The van der Waals surface area contributed by atoms with E-state index in [0.29, 0.717) is 11.3 Å². The molecule has 8 heteroatoms. The highest BCUT2D eigenvalue weighted by atomic mass is 32.2. The van der Waals surface area contributed by atoms with Crippen molar-refractivity contribution in [1.82, 2.24) is 4.90 Å². The van der Waals surface area contributed by atoms with Crippen LogP contribution in [0.2, 0.25) is 0 Å². The van der Waals surface area contributed by atoms with E-state index in [1.807, 2.05) is 13.0 Å². The largest absolute Gasteiger partial charge is 0.452 e. The molecule has 1 N–H and O–H groups in total. The monoisotopic (exact) mass is 390 g/mol. The van der Waals surface area contributed by atoms with Gasteiger partial charge in [-0.3, -0.25) is 9.52 Å². The summed E-state index contributed by atoms with van der Waals surface area (Å²) in [6.07, 6.45) is 0. The van der Waals surface area contributed by atoms with Crippen molar-refractivity contribution in [2.45, 2.75) is 18.7 Å². The van der Waals surface area contributed by atoms with E-state index in [1.165, 1.54) is 23.1 Å². The average molecular weight is 390 g/mol. The minimum absolute atomic E-state index is 0.0690. The average Bonchev–Trinajstić information content (AvgIpc) is 2.59. The summed E-state index contributed by atoms with van der Waals surface area (Å²) in [4.78, 5) is 25.1. The molecule has 0 spiro atoms. The SMILES string of the molecule is Cc1cccc(NS(=O)(=O)c2ccc(C)c(C(=O)OCC(=O)N(C)C)c2)c1. The zero-order valence-corrected chi connectivity index (χ0v) is 16.5. The molecule has 0 fully saturated rings. The van der Waals surface area contributed by atoms with Crippen LogP contribution in [0.5, 0.6) is 0 Å². The van der Waals surface area contributed by atoms with Gasteiger partial charge >= 0.3 is 5.97 Å². The molecule has 0 heterocycles. The minimum Gasteiger partial charge on any atom is -0.452 e. The van der Waals surface area contributed by atoms with Crippen LogP contribution in [-0.2, 0) is 19.6 Å². The fraction of sp³-hybridized carbons (Fsp3) is 0.263. The Morgan fingerprint density at radius 2 is 1.78 bits per heavy atom. The van der Waals surface area contributed by atoms with Crippen molar-refractivity contribution < 1.29 is 22.7 Å². The Kier molecular flexibility index (Phi) is 6.22. The lowest BCUT2D eigenvalue weighted by Crippen LogP contribution is -2.27. The molecule has 0 aromatic heterocycles. The Labute approximate surface area is 159 Å². The van der Waals surface area contributed by atoms with Crippen molar-refractivity contribution in [3.63, 3.8) is 0 Å². The first-order chi connectivity index (χ1) is 12.6. The third kappa shape index (κ3) is 5.30. The van der Waals surface area contributed by atoms with Crippen LogP contribution >= 0.6 is 0 Å². The number of nitrogens with zero attached hydrogens (tertiary/aromatic N) is 1. The van der Waals surface area contributed by atoms with Crippen molar-refractivity contribution >= 4 is 27.6 Å². The van der Waals surface area contributed by atoms with Gasteiger partial charge in [-0.05, 0) is 49.2 Å². The Morgan fingerprint density at radius 3 is 2.41 bits per heavy atom. The summed E-state index contributed by atoms with van der Waals surface area (Å²) in [5, 5.41) is 0. The van der Waals surface area contributed by atoms with E-state index >= 15 is 0 Å². The van der Waals surface area contributed by atoms with Crippen LogP contribution in [0.3, 0.4) is 0 Å². The second kappa shape index (κ2) is 8.22. The quantitative estimate of drug-likeness (QED) is 0.765. The molecule has 0 unspecified atom stereocenters. The number of anilines is 1. The number of carbonyl (C=O) groups is 2. The molecule has 7 nitrogen and oxygen atoms in total. The second-order valence-corrected chi connectivity index (χ2v) is 8.00. The maximum Gasteiger partial charge on any atom is 0.338 e. The van der Waals surface area contributed by atoms with Crippen molar-refractivity contribution in [1.29, 1.82) is 0 Å². The Bertz CT molecular complexity index is 968. The van der Waals surface area contributed by atoms with Gasteiger partial charge in [0.2, 0.25) is 0 Å². The molecule has 1 amide bonds. The second-order valence-electron chi connectivity index (χ2n) is 6.32. The van der Waals surface area contributed by atoms with Crippen LogP contribution in [-0.4, -0.2) is 45.9 Å². The minimum atomic E-state index is -3.88.